The number of hydrogen-bond donors (Lipinski definition) is 1. The van der Waals surface area contributed by atoms with Crippen molar-refractivity contribution in [2.45, 2.75) is 20.0 Å². The van der Waals surface area contributed by atoms with Gasteiger partial charge < -0.3 is 14.2 Å². The van der Waals surface area contributed by atoms with Crippen LogP contribution in [0.25, 0.3) is 0 Å². The highest BCUT2D eigenvalue weighted by Crippen LogP contribution is 2.47. The molecule has 0 heterocycles. The maximum atomic E-state index is 11.5. The van der Waals surface area contributed by atoms with Gasteiger partial charge in [0.05, 0.1) is 12.3 Å². The summed E-state index contributed by atoms with van der Waals surface area (Å²) in [6.07, 6.45) is -0.590. The first-order chi connectivity index (χ1) is 5.45. The predicted octanol–water partition coefficient (Wildman–Crippen LogP) is 1.49. The molecule has 1 N–H and O–H groups in total. The van der Waals surface area contributed by atoms with Gasteiger partial charge in [-0.1, -0.05) is 13.8 Å². The van der Waals surface area contributed by atoms with Crippen molar-refractivity contribution >= 4 is 7.60 Å². The highest BCUT2D eigenvalue weighted by molar-refractivity contribution is 7.53. The summed E-state index contributed by atoms with van der Waals surface area (Å²) < 4.78 is 20.8. The van der Waals surface area contributed by atoms with Gasteiger partial charge in [0.15, 0.2) is 0 Å². The fourth-order valence-corrected chi connectivity index (χ4v) is 1.99. The van der Waals surface area contributed by atoms with Gasteiger partial charge in [0.2, 0.25) is 0 Å². The third-order valence-electron chi connectivity index (χ3n) is 1.74. The lowest BCUT2D eigenvalue weighted by Crippen LogP contribution is -2.20. The molecule has 0 fully saturated rings. The topological polar surface area (TPSA) is 55.8 Å². The summed E-state index contributed by atoms with van der Waals surface area (Å²) >= 11 is 0. The SMILES string of the molecule is COP(=O)(CC(O)C(C)C)OC. The smallest absolute Gasteiger partial charge is 0.332 e. The highest BCUT2D eigenvalue weighted by Gasteiger charge is 2.26. The Hall–Kier alpha value is 0.110. The Labute approximate surface area is 73.4 Å². The molecule has 0 saturated heterocycles. The molecule has 1 atom stereocenters. The van der Waals surface area contributed by atoms with Crippen LogP contribution in [-0.4, -0.2) is 31.6 Å². The minimum Gasteiger partial charge on any atom is -0.392 e. The van der Waals surface area contributed by atoms with E-state index in [0.29, 0.717) is 0 Å². The molecule has 4 nitrogen and oxygen atoms in total. The van der Waals surface area contributed by atoms with Crippen LogP contribution in [0.2, 0.25) is 0 Å². The monoisotopic (exact) mass is 196 g/mol. The maximum Gasteiger partial charge on any atom is 0.332 e. The van der Waals surface area contributed by atoms with Crippen molar-refractivity contribution in [3.05, 3.63) is 0 Å². The summed E-state index contributed by atoms with van der Waals surface area (Å²) in [5.41, 5.74) is 0. The Morgan fingerprint density at radius 1 is 1.33 bits per heavy atom. The van der Waals surface area contributed by atoms with Gasteiger partial charge in [0, 0.05) is 14.2 Å². The number of aliphatic hydroxyl groups excluding tert-OH is 1. The van der Waals surface area contributed by atoms with E-state index in [9.17, 15) is 9.67 Å². The number of aliphatic hydroxyl groups is 1. The lowest BCUT2D eigenvalue weighted by Gasteiger charge is -2.19. The standard InChI is InChI=1S/C7H17O4P/c1-6(2)7(8)5-12(9,10-3)11-4/h6-8H,5H2,1-4H3. The van der Waals surface area contributed by atoms with Crippen LogP contribution in [-0.2, 0) is 13.6 Å². The minimum atomic E-state index is -3.04. The molecule has 0 aliphatic carbocycles. The van der Waals surface area contributed by atoms with Crippen molar-refractivity contribution in [3.63, 3.8) is 0 Å². The van der Waals surface area contributed by atoms with Crippen LogP contribution in [0.5, 0.6) is 0 Å². The zero-order chi connectivity index (χ0) is 9.78. The van der Waals surface area contributed by atoms with E-state index in [-0.39, 0.29) is 12.1 Å². The second kappa shape index (κ2) is 4.97. The fourth-order valence-electron chi connectivity index (χ4n) is 0.664. The summed E-state index contributed by atoms with van der Waals surface area (Å²) in [7, 11) is -0.408. The van der Waals surface area contributed by atoms with Gasteiger partial charge in [-0.2, -0.15) is 0 Å². The first-order valence-electron chi connectivity index (χ1n) is 3.83. The number of rotatable bonds is 5. The van der Waals surface area contributed by atoms with Crippen molar-refractivity contribution in [1.82, 2.24) is 0 Å². The van der Waals surface area contributed by atoms with E-state index in [1.54, 1.807) is 0 Å². The molecule has 0 radical (unpaired) electrons. The Kier molecular flexibility index (Phi) is 5.02. The van der Waals surface area contributed by atoms with Crippen LogP contribution in [0.1, 0.15) is 13.8 Å². The zero-order valence-corrected chi connectivity index (χ0v) is 8.88. The molecule has 1 unspecified atom stereocenters. The maximum absolute atomic E-state index is 11.5. The van der Waals surface area contributed by atoms with Crippen LogP contribution >= 0.6 is 7.60 Å². The van der Waals surface area contributed by atoms with Crippen LogP contribution in [0.4, 0.5) is 0 Å². The molecule has 12 heavy (non-hydrogen) atoms. The average Bonchev–Trinajstić information content (AvgIpc) is 2.04. The summed E-state index contributed by atoms with van der Waals surface area (Å²) in [6, 6.07) is 0. The minimum absolute atomic E-state index is 0.0532. The normalized spacial score (nSPS) is 15.2. The zero-order valence-electron chi connectivity index (χ0n) is 7.98. The van der Waals surface area contributed by atoms with E-state index >= 15 is 0 Å². The quantitative estimate of drug-likeness (QED) is 0.677. The van der Waals surface area contributed by atoms with Crippen molar-refractivity contribution < 1.29 is 18.7 Å². The summed E-state index contributed by atoms with van der Waals surface area (Å²) in [5, 5.41) is 9.39. The molecule has 0 bridgehead atoms. The van der Waals surface area contributed by atoms with E-state index in [1.165, 1.54) is 14.2 Å². The highest BCUT2D eigenvalue weighted by atomic mass is 31.2. The molecule has 0 aromatic rings. The third kappa shape index (κ3) is 3.68. The van der Waals surface area contributed by atoms with E-state index in [0.717, 1.165) is 0 Å². The Morgan fingerprint density at radius 3 is 2.00 bits per heavy atom. The molecule has 0 saturated carbocycles. The second-order valence-corrected chi connectivity index (χ2v) is 5.29. The van der Waals surface area contributed by atoms with Gasteiger partial charge in [-0.3, -0.25) is 4.57 Å². The van der Waals surface area contributed by atoms with Gasteiger partial charge in [-0.15, -0.1) is 0 Å². The molecule has 5 heteroatoms. The molecule has 0 aromatic carbocycles. The Balaban J connectivity index is 4.12. The van der Waals surface area contributed by atoms with Crippen molar-refractivity contribution in [2.24, 2.45) is 5.92 Å². The molecule has 74 valence electrons. The molecule has 0 aliphatic rings. The molecule has 0 aliphatic heterocycles. The molecular weight excluding hydrogens is 179 g/mol. The number of hydrogen-bond acceptors (Lipinski definition) is 4. The van der Waals surface area contributed by atoms with E-state index in [1.807, 2.05) is 13.8 Å². The third-order valence-corrected chi connectivity index (χ3v) is 3.67. The second-order valence-electron chi connectivity index (χ2n) is 2.97. The fraction of sp³-hybridized carbons (Fsp3) is 1.00. The van der Waals surface area contributed by atoms with Crippen LogP contribution < -0.4 is 0 Å². The van der Waals surface area contributed by atoms with E-state index in [4.69, 9.17) is 0 Å². The Morgan fingerprint density at radius 2 is 1.75 bits per heavy atom. The Bertz CT molecular complexity index is 161. The van der Waals surface area contributed by atoms with Crippen molar-refractivity contribution in [1.29, 1.82) is 0 Å². The van der Waals surface area contributed by atoms with Crippen molar-refractivity contribution in [2.75, 3.05) is 20.4 Å². The summed E-state index contributed by atoms with van der Waals surface area (Å²) in [5.74, 6) is 0.0589. The van der Waals surface area contributed by atoms with E-state index < -0.39 is 13.7 Å². The molecular formula is C7H17O4P. The summed E-state index contributed by atoms with van der Waals surface area (Å²) in [6.45, 7) is 3.70. The lowest BCUT2D eigenvalue weighted by atomic mass is 10.1. The van der Waals surface area contributed by atoms with Crippen LogP contribution in [0.3, 0.4) is 0 Å². The predicted molar refractivity (Wildman–Crippen MR) is 47.3 cm³/mol. The van der Waals surface area contributed by atoms with Crippen molar-refractivity contribution in [3.8, 4) is 0 Å². The largest absolute Gasteiger partial charge is 0.392 e. The molecule has 0 aromatic heterocycles. The molecule has 0 rings (SSSR count). The lowest BCUT2D eigenvalue weighted by molar-refractivity contribution is 0.136. The van der Waals surface area contributed by atoms with Gasteiger partial charge in [-0.25, -0.2) is 0 Å². The van der Waals surface area contributed by atoms with Crippen LogP contribution in [0, 0.1) is 5.92 Å². The molecule has 0 spiro atoms. The van der Waals surface area contributed by atoms with Gasteiger partial charge in [0.25, 0.3) is 0 Å². The molecule has 0 amide bonds. The van der Waals surface area contributed by atoms with E-state index in [2.05, 4.69) is 9.05 Å². The van der Waals surface area contributed by atoms with Crippen LogP contribution in [0.15, 0.2) is 0 Å². The first-order valence-corrected chi connectivity index (χ1v) is 5.56. The van der Waals surface area contributed by atoms with Gasteiger partial charge in [-0.05, 0) is 5.92 Å². The van der Waals surface area contributed by atoms with Gasteiger partial charge in [0.1, 0.15) is 0 Å². The average molecular weight is 196 g/mol. The first kappa shape index (κ1) is 12.1. The summed E-state index contributed by atoms with van der Waals surface area (Å²) in [4.78, 5) is 0. The van der Waals surface area contributed by atoms with Gasteiger partial charge >= 0.3 is 7.60 Å².